The van der Waals surface area contributed by atoms with Gasteiger partial charge in [0, 0.05) is 19.8 Å². The molecule has 0 saturated heterocycles. The number of rotatable bonds is 4. The van der Waals surface area contributed by atoms with E-state index in [1.807, 2.05) is 0 Å². The topological polar surface area (TPSA) is 82.5 Å². The minimum atomic E-state index is -0.361. The lowest BCUT2D eigenvalue weighted by molar-refractivity contribution is -0.121. The van der Waals surface area contributed by atoms with E-state index in [1.54, 1.807) is 6.92 Å². The van der Waals surface area contributed by atoms with Crippen molar-refractivity contribution < 1.29 is 14.7 Å². The molecule has 0 aliphatic rings. The molecular weight excluding hydrogens is 222 g/mol. The maximum Gasteiger partial charge on any atom is 0.255 e. The fourth-order valence-electron chi connectivity index (χ4n) is 1.31. The van der Waals surface area contributed by atoms with Crippen LogP contribution in [0.15, 0.2) is 18.5 Å². The van der Waals surface area contributed by atoms with Gasteiger partial charge in [0.2, 0.25) is 5.91 Å². The first-order chi connectivity index (χ1) is 8.04. The Labute approximate surface area is 99.3 Å². The van der Waals surface area contributed by atoms with E-state index in [2.05, 4.69) is 10.3 Å². The van der Waals surface area contributed by atoms with Crippen LogP contribution in [0.5, 0.6) is 5.75 Å². The summed E-state index contributed by atoms with van der Waals surface area (Å²) in [6.07, 6.45) is 2.58. The fourth-order valence-corrected chi connectivity index (χ4v) is 1.31. The van der Waals surface area contributed by atoms with Gasteiger partial charge in [-0.15, -0.1) is 0 Å². The molecule has 1 heterocycles. The summed E-state index contributed by atoms with van der Waals surface area (Å²) in [5.41, 5.74) is 0.247. The van der Waals surface area contributed by atoms with Crippen molar-refractivity contribution in [1.82, 2.24) is 15.2 Å². The molecule has 0 bridgehead atoms. The van der Waals surface area contributed by atoms with Crippen molar-refractivity contribution >= 4 is 11.8 Å². The van der Waals surface area contributed by atoms with Crippen LogP contribution in [-0.2, 0) is 4.79 Å². The Morgan fingerprint density at radius 3 is 2.76 bits per heavy atom. The summed E-state index contributed by atoms with van der Waals surface area (Å²) in [6, 6.07) is 1.31. The second-order valence-corrected chi connectivity index (χ2v) is 3.55. The zero-order valence-corrected chi connectivity index (χ0v) is 9.80. The van der Waals surface area contributed by atoms with Gasteiger partial charge in [0.1, 0.15) is 5.75 Å². The molecule has 17 heavy (non-hydrogen) atoms. The molecule has 1 aromatic rings. The molecule has 1 aromatic heterocycles. The number of hydrogen-bond acceptors (Lipinski definition) is 4. The summed E-state index contributed by atoms with van der Waals surface area (Å²) in [5, 5.41) is 11.8. The zero-order valence-electron chi connectivity index (χ0n) is 9.80. The van der Waals surface area contributed by atoms with Crippen molar-refractivity contribution in [2.45, 2.75) is 6.92 Å². The highest BCUT2D eigenvalue weighted by molar-refractivity contribution is 5.96. The summed E-state index contributed by atoms with van der Waals surface area (Å²) in [6.45, 7) is 2.30. The van der Waals surface area contributed by atoms with Crippen molar-refractivity contribution in [2.24, 2.45) is 0 Å². The monoisotopic (exact) mass is 237 g/mol. The SMILES string of the molecule is CCNC(=O)CN(C)C(=O)c1cncc(O)c1. The molecule has 0 spiro atoms. The molecule has 0 aliphatic carbocycles. The lowest BCUT2D eigenvalue weighted by Gasteiger charge is -2.16. The van der Waals surface area contributed by atoms with Crippen molar-refractivity contribution in [1.29, 1.82) is 0 Å². The number of nitrogens with zero attached hydrogens (tertiary/aromatic N) is 2. The normalized spacial score (nSPS) is 9.76. The molecule has 6 heteroatoms. The third-order valence-electron chi connectivity index (χ3n) is 2.07. The van der Waals surface area contributed by atoms with Gasteiger partial charge in [-0.3, -0.25) is 14.6 Å². The number of aromatic nitrogens is 1. The van der Waals surface area contributed by atoms with Gasteiger partial charge in [-0.1, -0.05) is 0 Å². The number of carbonyl (C=O) groups excluding carboxylic acids is 2. The molecular formula is C11H15N3O3. The van der Waals surface area contributed by atoms with E-state index in [0.717, 1.165) is 0 Å². The molecule has 0 aliphatic heterocycles. The van der Waals surface area contributed by atoms with Gasteiger partial charge in [-0.05, 0) is 13.0 Å². The Hall–Kier alpha value is -2.11. The number of pyridine rings is 1. The van der Waals surface area contributed by atoms with Crippen LogP contribution in [0.25, 0.3) is 0 Å². The molecule has 0 radical (unpaired) electrons. The fraction of sp³-hybridized carbons (Fsp3) is 0.364. The number of likely N-dealkylation sites (N-methyl/N-ethyl adjacent to an activating group) is 2. The van der Waals surface area contributed by atoms with E-state index in [9.17, 15) is 14.7 Å². The van der Waals surface area contributed by atoms with E-state index >= 15 is 0 Å². The van der Waals surface area contributed by atoms with Crippen LogP contribution < -0.4 is 5.32 Å². The molecule has 1 rings (SSSR count). The van der Waals surface area contributed by atoms with Gasteiger partial charge in [0.15, 0.2) is 0 Å². The van der Waals surface area contributed by atoms with Gasteiger partial charge in [0.25, 0.3) is 5.91 Å². The Morgan fingerprint density at radius 1 is 1.47 bits per heavy atom. The van der Waals surface area contributed by atoms with Crippen LogP contribution in [0.3, 0.4) is 0 Å². The number of nitrogens with one attached hydrogen (secondary N) is 1. The summed E-state index contributed by atoms with van der Waals surface area (Å²) in [7, 11) is 1.52. The molecule has 2 amide bonds. The molecule has 0 unspecified atom stereocenters. The second-order valence-electron chi connectivity index (χ2n) is 3.55. The van der Waals surface area contributed by atoms with Crippen LogP contribution in [-0.4, -0.2) is 46.9 Å². The van der Waals surface area contributed by atoms with Crippen LogP contribution in [0, 0.1) is 0 Å². The van der Waals surface area contributed by atoms with Gasteiger partial charge < -0.3 is 15.3 Å². The Balaban J connectivity index is 2.67. The van der Waals surface area contributed by atoms with Crippen LogP contribution in [0.4, 0.5) is 0 Å². The average molecular weight is 237 g/mol. The van der Waals surface area contributed by atoms with E-state index in [1.165, 1.54) is 30.4 Å². The van der Waals surface area contributed by atoms with Crippen LogP contribution >= 0.6 is 0 Å². The summed E-state index contributed by atoms with van der Waals surface area (Å²) in [4.78, 5) is 28.1. The van der Waals surface area contributed by atoms with Crippen LogP contribution in [0.1, 0.15) is 17.3 Å². The van der Waals surface area contributed by atoms with Gasteiger partial charge >= 0.3 is 0 Å². The third-order valence-corrected chi connectivity index (χ3v) is 2.07. The summed E-state index contributed by atoms with van der Waals surface area (Å²) < 4.78 is 0. The van der Waals surface area contributed by atoms with Crippen LogP contribution in [0.2, 0.25) is 0 Å². The van der Waals surface area contributed by atoms with Crippen molar-refractivity contribution in [3.8, 4) is 5.75 Å². The van der Waals surface area contributed by atoms with E-state index in [0.29, 0.717) is 6.54 Å². The Morgan fingerprint density at radius 2 is 2.18 bits per heavy atom. The highest BCUT2D eigenvalue weighted by Crippen LogP contribution is 2.10. The predicted octanol–water partition coefficient (Wildman–Crippen LogP) is -0.00470. The van der Waals surface area contributed by atoms with Gasteiger partial charge in [-0.2, -0.15) is 0 Å². The first kappa shape index (κ1) is 13.0. The number of amides is 2. The first-order valence-corrected chi connectivity index (χ1v) is 5.20. The van der Waals surface area contributed by atoms with E-state index < -0.39 is 0 Å². The highest BCUT2D eigenvalue weighted by atomic mass is 16.3. The van der Waals surface area contributed by atoms with E-state index in [-0.39, 0.29) is 29.7 Å². The molecule has 0 aromatic carbocycles. The largest absolute Gasteiger partial charge is 0.506 e. The molecule has 0 atom stereocenters. The number of aromatic hydroxyl groups is 1. The minimum Gasteiger partial charge on any atom is -0.506 e. The number of carbonyl (C=O) groups is 2. The maximum atomic E-state index is 11.8. The first-order valence-electron chi connectivity index (χ1n) is 5.20. The molecule has 2 N–H and O–H groups in total. The smallest absolute Gasteiger partial charge is 0.255 e. The zero-order chi connectivity index (χ0) is 12.8. The van der Waals surface area contributed by atoms with E-state index in [4.69, 9.17) is 0 Å². The average Bonchev–Trinajstić information content (AvgIpc) is 2.28. The Bertz CT molecular complexity index is 420. The van der Waals surface area contributed by atoms with Gasteiger partial charge in [0.05, 0.1) is 18.3 Å². The minimum absolute atomic E-state index is 0.0255. The third kappa shape index (κ3) is 3.75. The maximum absolute atomic E-state index is 11.8. The van der Waals surface area contributed by atoms with Crippen molar-refractivity contribution in [3.63, 3.8) is 0 Å². The standard InChI is InChI=1S/C11H15N3O3/c1-3-13-10(16)7-14(2)11(17)8-4-9(15)6-12-5-8/h4-6,15H,3,7H2,1-2H3,(H,13,16). The molecule has 92 valence electrons. The highest BCUT2D eigenvalue weighted by Gasteiger charge is 2.15. The van der Waals surface area contributed by atoms with Crippen molar-refractivity contribution in [3.05, 3.63) is 24.0 Å². The lowest BCUT2D eigenvalue weighted by Crippen LogP contribution is -2.38. The summed E-state index contributed by atoms with van der Waals surface area (Å²) in [5.74, 6) is -0.668. The summed E-state index contributed by atoms with van der Waals surface area (Å²) >= 11 is 0. The quantitative estimate of drug-likeness (QED) is 0.772. The lowest BCUT2D eigenvalue weighted by atomic mass is 10.2. The number of hydrogen-bond donors (Lipinski definition) is 2. The Kier molecular flexibility index (Phi) is 4.45. The molecule has 0 fully saturated rings. The molecule has 6 nitrogen and oxygen atoms in total. The second kappa shape index (κ2) is 5.83. The predicted molar refractivity (Wildman–Crippen MR) is 61.5 cm³/mol. The van der Waals surface area contributed by atoms with Gasteiger partial charge in [-0.25, -0.2) is 0 Å². The molecule has 0 saturated carbocycles. The van der Waals surface area contributed by atoms with Crippen molar-refractivity contribution in [2.75, 3.05) is 20.1 Å².